The van der Waals surface area contributed by atoms with Gasteiger partial charge in [0.2, 0.25) is 0 Å². The van der Waals surface area contributed by atoms with Crippen LogP contribution in [0.4, 0.5) is 9.59 Å². The summed E-state index contributed by atoms with van der Waals surface area (Å²) in [5, 5.41) is 0. The maximum atomic E-state index is 12.2. The number of esters is 2. The van der Waals surface area contributed by atoms with Gasteiger partial charge in [-0.15, -0.1) is 0 Å². The zero-order chi connectivity index (χ0) is 49.5. The van der Waals surface area contributed by atoms with Gasteiger partial charge in [0.15, 0.2) is 0 Å². The van der Waals surface area contributed by atoms with Gasteiger partial charge in [-0.25, -0.2) is 29.1 Å². The van der Waals surface area contributed by atoms with Crippen LogP contribution in [0.2, 0.25) is 0 Å². The van der Waals surface area contributed by atoms with E-state index in [4.69, 9.17) is 24.7 Å². The number of pyridine rings is 2. The summed E-state index contributed by atoms with van der Waals surface area (Å²) in [5.41, 5.74) is 5.33. The third kappa shape index (κ3) is 24.0. The number of methoxy groups -OCH3 is 2. The fourth-order valence-electron chi connectivity index (χ4n) is 7.19. The Hall–Kier alpha value is -1.34. The van der Waals surface area contributed by atoms with Crippen molar-refractivity contribution < 1.29 is 65.6 Å². The summed E-state index contributed by atoms with van der Waals surface area (Å²) >= 11 is 9.54. The standard InChI is InChI=1S/C23H34N2O5.C11H14N2O3.C11H19NO3.I3.I2/c1-23(2,3)30-22(27)25-11-9-16(10-12-25)5-6-17-13-19(14-17)29-18-7-8-20(24-15-18)21(26)28-4;1-15-11(14)10-3-2-8(6-13-10)16-9-4-7(12)5-9;1-11(2,3)15-10(14)12-6-4-9(8-13)5-7-12;1-3-2;1-2/h7-8,15-17,19H,5-6,9-14H2,1-4H3;2-3,6-7,9H,4-5,12H2,1H3;8-9H,4-7H2,1-3H3;;/q;;;-1;. The van der Waals surface area contributed by atoms with Crippen molar-refractivity contribution in [1.82, 2.24) is 19.8 Å². The fourth-order valence-corrected chi connectivity index (χ4v) is 7.19. The summed E-state index contributed by atoms with van der Waals surface area (Å²) < 4.78 is 31.4. The average molecular weight is 1490 g/mol. The van der Waals surface area contributed by atoms with E-state index < -0.39 is 23.1 Å². The number of ether oxygens (including phenoxy) is 6. The number of rotatable bonds is 10. The molecule has 4 aliphatic rings. The van der Waals surface area contributed by atoms with Crippen LogP contribution < -0.4 is 28.5 Å². The van der Waals surface area contributed by atoms with Gasteiger partial charge in [0, 0.05) is 75.4 Å². The molecule has 2 saturated carbocycles. The van der Waals surface area contributed by atoms with Crippen LogP contribution in [0.15, 0.2) is 36.7 Å². The molecule has 0 bridgehead atoms. The molecule has 2 aliphatic heterocycles. The Morgan fingerprint density at radius 1 is 0.682 bits per heavy atom. The molecule has 0 atom stereocenters. The van der Waals surface area contributed by atoms with E-state index in [1.54, 1.807) is 35.4 Å². The average Bonchev–Trinajstić information content (AvgIpc) is 3.27. The van der Waals surface area contributed by atoms with Gasteiger partial charge in [-0.2, -0.15) is 0 Å². The molecule has 21 heteroatoms. The zero-order valence-electron chi connectivity index (χ0n) is 39.2. The van der Waals surface area contributed by atoms with Crippen molar-refractivity contribution in [3.05, 3.63) is 48.0 Å². The first-order valence-electron chi connectivity index (χ1n) is 21.9. The summed E-state index contributed by atoms with van der Waals surface area (Å²) in [4.78, 5) is 68.4. The van der Waals surface area contributed by atoms with Gasteiger partial charge in [0.1, 0.15) is 46.5 Å². The van der Waals surface area contributed by atoms with Gasteiger partial charge in [0.25, 0.3) is 0 Å². The summed E-state index contributed by atoms with van der Waals surface area (Å²) in [6.45, 7) is 14.1. The molecule has 2 aromatic rings. The monoisotopic (exact) mass is 1490 g/mol. The molecule has 2 aromatic heterocycles. The minimum atomic E-state index is -0.447. The number of nitrogens with two attached hydrogens (primary N) is 1. The van der Waals surface area contributed by atoms with E-state index in [-0.39, 0.29) is 47.7 Å². The molecule has 2 saturated heterocycles. The number of piperidine rings is 2. The molecule has 0 spiro atoms. The number of carbonyl (C=O) groups is 5. The normalized spacial score (nSPS) is 20.4. The van der Waals surface area contributed by atoms with Crippen molar-refractivity contribution >= 4 is 105 Å². The predicted molar refractivity (Wildman–Crippen MR) is 282 cm³/mol. The number of amides is 2. The first-order valence-corrected chi connectivity index (χ1v) is 40.7. The van der Waals surface area contributed by atoms with Crippen LogP contribution in [0.3, 0.4) is 0 Å². The number of nitrogens with zero attached hydrogens (tertiary/aromatic N) is 4. The summed E-state index contributed by atoms with van der Waals surface area (Å²) in [7, 11) is 2.66. The van der Waals surface area contributed by atoms with Crippen molar-refractivity contribution in [3.63, 3.8) is 0 Å². The summed E-state index contributed by atoms with van der Waals surface area (Å²) in [5.74, 6) is 1.98. The van der Waals surface area contributed by atoms with E-state index in [9.17, 15) is 24.0 Å². The second kappa shape index (κ2) is 31.8. The van der Waals surface area contributed by atoms with Crippen molar-refractivity contribution in [2.45, 2.75) is 135 Å². The molecular formula is C45H67I5N5O11-. The number of likely N-dealkylation sites (tertiary alicyclic amines) is 2. The Morgan fingerprint density at radius 2 is 1.06 bits per heavy atom. The third-order valence-electron chi connectivity index (χ3n) is 10.8. The molecule has 0 radical (unpaired) electrons. The summed E-state index contributed by atoms with van der Waals surface area (Å²) in [6, 6.07) is 6.95. The molecule has 6 rings (SSSR count). The molecule has 4 heterocycles. The first-order chi connectivity index (χ1) is 31.3. The molecule has 2 aliphatic carbocycles. The van der Waals surface area contributed by atoms with Crippen molar-refractivity contribution in [2.24, 2.45) is 23.5 Å². The van der Waals surface area contributed by atoms with Crippen molar-refractivity contribution in [3.8, 4) is 11.5 Å². The number of halogens is 5. The first kappa shape index (κ1) is 60.8. The van der Waals surface area contributed by atoms with Crippen LogP contribution in [-0.4, -0.2) is 120 Å². The second-order valence-corrected chi connectivity index (χ2v) is 34.5. The Bertz CT molecular complexity index is 1740. The SMILES string of the molecule is CC(C)(C)OC(=O)N1CCC(C=O)CC1.COC(=O)c1ccc(OC2CC(CCC3CCN(C(=O)OC(C)(C)C)CC3)C2)cn1.COC(=O)c1ccc(OC2CC(N)C2)cn1.II.I[I-]I. The minimum absolute atomic E-state index is 0.115. The molecule has 0 aromatic carbocycles. The van der Waals surface area contributed by atoms with E-state index in [1.165, 1.54) is 33.3 Å². The molecule has 66 heavy (non-hydrogen) atoms. The van der Waals surface area contributed by atoms with Crippen LogP contribution in [0.5, 0.6) is 11.5 Å². The van der Waals surface area contributed by atoms with Gasteiger partial charge < -0.3 is 48.7 Å². The van der Waals surface area contributed by atoms with Gasteiger partial charge in [0.05, 0.1) is 32.7 Å². The van der Waals surface area contributed by atoms with E-state index >= 15 is 0 Å². The topological polar surface area (TPSA) is 199 Å². The number of aromatic nitrogens is 2. The van der Waals surface area contributed by atoms with E-state index in [1.807, 2.05) is 46.4 Å². The van der Waals surface area contributed by atoms with E-state index in [2.05, 4.69) is 93.9 Å². The Labute approximate surface area is 444 Å². The van der Waals surface area contributed by atoms with Crippen LogP contribution >= 0.6 is 74.5 Å². The van der Waals surface area contributed by atoms with Crippen LogP contribution in [0, 0.1) is 17.8 Å². The van der Waals surface area contributed by atoms with Crippen LogP contribution in [0.25, 0.3) is 0 Å². The quantitative estimate of drug-likeness (QED) is 0.106. The Kier molecular flexibility index (Phi) is 29.3. The van der Waals surface area contributed by atoms with Crippen molar-refractivity contribution in [1.29, 1.82) is 0 Å². The number of aldehydes is 1. The van der Waals surface area contributed by atoms with Crippen molar-refractivity contribution in [2.75, 3.05) is 40.4 Å². The van der Waals surface area contributed by atoms with Crippen LogP contribution in [0.1, 0.15) is 127 Å². The van der Waals surface area contributed by atoms with Gasteiger partial charge in [-0.05, 0) is 135 Å². The second-order valence-electron chi connectivity index (χ2n) is 18.3. The Balaban J connectivity index is 0.000000351. The Morgan fingerprint density at radius 3 is 1.39 bits per heavy atom. The molecular weight excluding hydrogens is 1420 g/mol. The molecule has 4 fully saturated rings. The maximum absolute atomic E-state index is 12.2. The molecule has 374 valence electrons. The van der Waals surface area contributed by atoms with E-state index in [0.717, 1.165) is 70.7 Å². The predicted octanol–water partition coefficient (Wildman–Crippen LogP) is 7.57. The van der Waals surface area contributed by atoms with E-state index in [0.29, 0.717) is 49.7 Å². The van der Waals surface area contributed by atoms with Crippen LogP contribution in [-0.2, 0) is 23.7 Å². The van der Waals surface area contributed by atoms with Gasteiger partial charge in [-0.3, -0.25) is 0 Å². The summed E-state index contributed by atoms with van der Waals surface area (Å²) in [6.07, 6.45) is 14.0. The zero-order valence-corrected chi connectivity index (χ0v) is 49.9. The number of hydrogen-bond donors (Lipinski definition) is 1. The molecule has 2 N–H and O–H groups in total. The van der Waals surface area contributed by atoms with Gasteiger partial charge in [-0.1, -0.05) is 6.42 Å². The third-order valence-corrected chi connectivity index (χ3v) is 10.8. The molecule has 16 nitrogen and oxygen atoms in total. The molecule has 2 amide bonds. The fraction of sp³-hybridized carbons (Fsp3) is 0.667. The molecule has 0 unspecified atom stereocenters. The number of hydrogen-bond acceptors (Lipinski definition) is 14. The number of carbonyl (C=O) groups excluding carboxylic acids is 5. The van der Waals surface area contributed by atoms with Gasteiger partial charge >= 0.3 is 74.6 Å².